The molecule has 3 nitrogen and oxygen atoms in total. The molecule has 1 N–H and O–H groups in total. The number of aromatic nitrogens is 1. The van der Waals surface area contributed by atoms with Crippen LogP contribution in [-0.2, 0) is 13.0 Å². The molecule has 1 heterocycles. The largest absolute Gasteiger partial charge is 0.481 e. The Labute approximate surface area is 113 Å². The standard InChI is InChI=1S/C16H18N2O/c1-19-16-8-12(6-7-18-16)10-17-11-14-9-13-4-2-3-5-15(13)14/h2-8,14,17H,9-11H2,1H3. The second-order valence-corrected chi connectivity index (χ2v) is 4.94. The Balaban J connectivity index is 1.52. The number of hydrogen-bond donors (Lipinski definition) is 1. The molecule has 1 unspecified atom stereocenters. The van der Waals surface area contributed by atoms with Gasteiger partial charge in [0.2, 0.25) is 5.88 Å². The summed E-state index contributed by atoms with van der Waals surface area (Å²) in [5.41, 5.74) is 4.21. The molecule has 0 saturated heterocycles. The number of fused-ring (bicyclic) bond motifs is 1. The van der Waals surface area contributed by atoms with Crippen LogP contribution >= 0.6 is 0 Å². The highest BCUT2D eigenvalue weighted by Gasteiger charge is 2.24. The van der Waals surface area contributed by atoms with E-state index in [-0.39, 0.29) is 0 Å². The maximum absolute atomic E-state index is 5.12. The van der Waals surface area contributed by atoms with E-state index >= 15 is 0 Å². The highest BCUT2D eigenvalue weighted by atomic mass is 16.5. The third-order valence-corrected chi connectivity index (χ3v) is 3.69. The second kappa shape index (κ2) is 5.41. The van der Waals surface area contributed by atoms with Gasteiger partial charge in [0.15, 0.2) is 0 Å². The van der Waals surface area contributed by atoms with E-state index in [1.807, 2.05) is 12.1 Å². The first-order valence-electron chi connectivity index (χ1n) is 6.64. The molecule has 0 radical (unpaired) electrons. The van der Waals surface area contributed by atoms with Gasteiger partial charge in [-0.2, -0.15) is 0 Å². The van der Waals surface area contributed by atoms with Gasteiger partial charge in [-0.25, -0.2) is 4.98 Å². The van der Waals surface area contributed by atoms with Crippen LogP contribution in [0.25, 0.3) is 0 Å². The van der Waals surface area contributed by atoms with Gasteiger partial charge in [0.05, 0.1) is 7.11 Å². The number of rotatable bonds is 5. The summed E-state index contributed by atoms with van der Waals surface area (Å²) in [4.78, 5) is 4.11. The highest BCUT2D eigenvalue weighted by molar-refractivity contribution is 5.40. The van der Waals surface area contributed by atoms with Crippen LogP contribution in [0.5, 0.6) is 5.88 Å². The SMILES string of the molecule is COc1cc(CNCC2Cc3ccccc32)ccn1. The summed E-state index contributed by atoms with van der Waals surface area (Å²) in [5, 5.41) is 3.51. The Morgan fingerprint density at radius 2 is 2.21 bits per heavy atom. The van der Waals surface area contributed by atoms with E-state index in [2.05, 4.69) is 34.6 Å². The van der Waals surface area contributed by atoms with E-state index in [9.17, 15) is 0 Å². The third-order valence-electron chi connectivity index (χ3n) is 3.69. The van der Waals surface area contributed by atoms with E-state index in [0.29, 0.717) is 11.8 Å². The van der Waals surface area contributed by atoms with Gasteiger partial charge < -0.3 is 10.1 Å². The van der Waals surface area contributed by atoms with Crippen LogP contribution < -0.4 is 10.1 Å². The Bertz CT molecular complexity index is 568. The summed E-state index contributed by atoms with van der Waals surface area (Å²) in [5.74, 6) is 1.34. The Kier molecular flexibility index (Phi) is 3.47. The lowest BCUT2D eigenvalue weighted by Crippen LogP contribution is -2.28. The van der Waals surface area contributed by atoms with Crippen molar-refractivity contribution in [3.63, 3.8) is 0 Å². The van der Waals surface area contributed by atoms with Crippen molar-refractivity contribution >= 4 is 0 Å². The van der Waals surface area contributed by atoms with Gasteiger partial charge in [0.25, 0.3) is 0 Å². The summed E-state index contributed by atoms with van der Waals surface area (Å²) in [6, 6.07) is 12.7. The number of nitrogens with zero attached hydrogens (tertiary/aromatic N) is 1. The molecule has 3 rings (SSSR count). The van der Waals surface area contributed by atoms with Crippen LogP contribution in [0.3, 0.4) is 0 Å². The molecule has 2 aromatic rings. The molecular formula is C16H18N2O. The maximum Gasteiger partial charge on any atom is 0.213 e. The molecule has 0 bridgehead atoms. The molecule has 1 aliphatic carbocycles. The summed E-state index contributed by atoms with van der Waals surface area (Å²) in [7, 11) is 1.64. The molecule has 1 aliphatic rings. The summed E-state index contributed by atoms with van der Waals surface area (Å²) in [6.45, 7) is 1.89. The predicted octanol–water partition coefficient (Wildman–Crippen LogP) is 2.52. The minimum atomic E-state index is 0.667. The van der Waals surface area contributed by atoms with Crippen molar-refractivity contribution in [3.05, 3.63) is 59.3 Å². The molecule has 1 aromatic carbocycles. The quantitative estimate of drug-likeness (QED) is 0.890. The van der Waals surface area contributed by atoms with Crippen molar-refractivity contribution in [2.45, 2.75) is 18.9 Å². The topological polar surface area (TPSA) is 34.1 Å². The smallest absolute Gasteiger partial charge is 0.213 e. The molecule has 0 amide bonds. The summed E-state index contributed by atoms with van der Waals surface area (Å²) < 4.78 is 5.12. The molecule has 1 aromatic heterocycles. The van der Waals surface area contributed by atoms with Gasteiger partial charge in [0.1, 0.15) is 0 Å². The van der Waals surface area contributed by atoms with Crippen LogP contribution in [0.1, 0.15) is 22.6 Å². The van der Waals surface area contributed by atoms with E-state index < -0.39 is 0 Å². The van der Waals surface area contributed by atoms with Crippen LogP contribution in [0.4, 0.5) is 0 Å². The molecule has 1 atom stereocenters. The molecule has 0 spiro atoms. The second-order valence-electron chi connectivity index (χ2n) is 4.94. The normalized spacial score (nSPS) is 16.6. The third kappa shape index (κ3) is 2.61. The van der Waals surface area contributed by atoms with Crippen LogP contribution in [-0.4, -0.2) is 18.6 Å². The first-order chi connectivity index (χ1) is 9.36. The highest BCUT2D eigenvalue weighted by Crippen LogP contribution is 2.33. The lowest BCUT2D eigenvalue weighted by Gasteiger charge is -2.30. The fourth-order valence-corrected chi connectivity index (χ4v) is 2.61. The number of methoxy groups -OCH3 is 1. The van der Waals surface area contributed by atoms with E-state index in [1.54, 1.807) is 13.3 Å². The molecule has 0 aliphatic heterocycles. The van der Waals surface area contributed by atoms with Crippen LogP contribution in [0.15, 0.2) is 42.6 Å². The zero-order valence-electron chi connectivity index (χ0n) is 11.1. The van der Waals surface area contributed by atoms with Crippen molar-refractivity contribution in [3.8, 4) is 5.88 Å². The van der Waals surface area contributed by atoms with Gasteiger partial charge >= 0.3 is 0 Å². The molecule has 0 fully saturated rings. The monoisotopic (exact) mass is 254 g/mol. The van der Waals surface area contributed by atoms with Crippen molar-refractivity contribution in [2.24, 2.45) is 0 Å². The molecule has 0 saturated carbocycles. The summed E-state index contributed by atoms with van der Waals surface area (Å²) >= 11 is 0. The predicted molar refractivity (Wildman–Crippen MR) is 75.4 cm³/mol. The maximum atomic E-state index is 5.12. The number of nitrogens with one attached hydrogen (secondary N) is 1. The zero-order valence-corrected chi connectivity index (χ0v) is 11.1. The van der Waals surface area contributed by atoms with Gasteiger partial charge in [0, 0.05) is 31.3 Å². The fraction of sp³-hybridized carbons (Fsp3) is 0.312. The van der Waals surface area contributed by atoms with Gasteiger partial charge in [-0.15, -0.1) is 0 Å². The lowest BCUT2D eigenvalue weighted by molar-refractivity contribution is 0.397. The van der Waals surface area contributed by atoms with Crippen molar-refractivity contribution in [2.75, 3.05) is 13.7 Å². The van der Waals surface area contributed by atoms with E-state index in [4.69, 9.17) is 4.74 Å². The average Bonchev–Trinajstić information content (AvgIpc) is 2.44. The number of pyridine rings is 1. The molecule has 3 heteroatoms. The van der Waals surface area contributed by atoms with Gasteiger partial charge in [-0.05, 0) is 29.2 Å². The van der Waals surface area contributed by atoms with E-state index in [0.717, 1.165) is 13.1 Å². The minimum absolute atomic E-state index is 0.667. The first kappa shape index (κ1) is 12.2. The Morgan fingerprint density at radius 1 is 1.32 bits per heavy atom. The van der Waals surface area contributed by atoms with Gasteiger partial charge in [-0.3, -0.25) is 0 Å². The van der Waals surface area contributed by atoms with Crippen LogP contribution in [0.2, 0.25) is 0 Å². The molecule has 98 valence electrons. The lowest BCUT2D eigenvalue weighted by atomic mass is 9.77. The molecular weight excluding hydrogens is 236 g/mol. The Morgan fingerprint density at radius 3 is 3.05 bits per heavy atom. The number of ether oxygens (including phenoxy) is 1. The minimum Gasteiger partial charge on any atom is -0.481 e. The van der Waals surface area contributed by atoms with Crippen LogP contribution in [0, 0.1) is 0 Å². The zero-order chi connectivity index (χ0) is 13.1. The first-order valence-corrected chi connectivity index (χ1v) is 6.64. The molecule has 19 heavy (non-hydrogen) atoms. The van der Waals surface area contributed by atoms with Crippen molar-refractivity contribution < 1.29 is 4.74 Å². The fourth-order valence-electron chi connectivity index (χ4n) is 2.61. The van der Waals surface area contributed by atoms with Crippen molar-refractivity contribution in [1.82, 2.24) is 10.3 Å². The Hall–Kier alpha value is -1.87. The number of hydrogen-bond acceptors (Lipinski definition) is 3. The summed E-state index contributed by atoms with van der Waals surface area (Å²) in [6.07, 6.45) is 2.98. The average molecular weight is 254 g/mol. The van der Waals surface area contributed by atoms with Crippen molar-refractivity contribution in [1.29, 1.82) is 0 Å². The van der Waals surface area contributed by atoms with E-state index in [1.165, 1.54) is 23.1 Å². The van der Waals surface area contributed by atoms with Gasteiger partial charge in [-0.1, -0.05) is 24.3 Å². The number of benzene rings is 1.